The quantitative estimate of drug-likeness (QED) is 0.738. The van der Waals surface area contributed by atoms with E-state index in [1.165, 1.54) is 16.7 Å². The number of aryl methyl sites for hydroxylation is 2. The molecule has 0 heterocycles. The van der Waals surface area contributed by atoms with Crippen LogP contribution in [0.25, 0.3) is 0 Å². The number of hydrogen-bond acceptors (Lipinski definition) is 1. The van der Waals surface area contributed by atoms with Gasteiger partial charge in [-0.1, -0.05) is 26.0 Å². The minimum atomic E-state index is 0.144. The van der Waals surface area contributed by atoms with Crippen LogP contribution in [0.15, 0.2) is 12.1 Å². The highest BCUT2D eigenvalue weighted by Gasteiger charge is 2.06. The van der Waals surface area contributed by atoms with Gasteiger partial charge in [-0.3, -0.25) is 0 Å². The molecule has 1 nitrogen and oxygen atoms in total. The van der Waals surface area contributed by atoms with Crippen molar-refractivity contribution >= 4 is 0 Å². The van der Waals surface area contributed by atoms with E-state index in [9.17, 15) is 0 Å². The molecule has 1 aromatic carbocycles. The van der Waals surface area contributed by atoms with Crippen LogP contribution in [-0.4, -0.2) is 5.11 Å². The van der Waals surface area contributed by atoms with Gasteiger partial charge in [0, 0.05) is 0 Å². The van der Waals surface area contributed by atoms with Crippen LogP contribution in [0, 0.1) is 13.8 Å². The smallest absolute Gasteiger partial charge is 0.0684 e. The van der Waals surface area contributed by atoms with Crippen molar-refractivity contribution in [2.24, 2.45) is 0 Å². The Balaban J connectivity index is 3.20. The summed E-state index contributed by atoms with van der Waals surface area (Å²) in [7, 11) is 0. The second kappa shape index (κ2) is 3.93. The summed E-state index contributed by atoms with van der Waals surface area (Å²) >= 11 is 0. The van der Waals surface area contributed by atoms with E-state index in [-0.39, 0.29) is 6.61 Å². The van der Waals surface area contributed by atoms with Gasteiger partial charge in [0.15, 0.2) is 0 Å². The minimum absolute atomic E-state index is 0.144. The molecule has 0 aliphatic heterocycles. The van der Waals surface area contributed by atoms with Gasteiger partial charge in [-0.15, -0.1) is 0 Å². The average Bonchev–Trinajstić information content (AvgIpc) is 2.07. The molecule has 0 aliphatic rings. The number of aliphatic hydroxyl groups is 1. The SMILES string of the molecule is Cc1cc(C(C)C)c(C)cc1CO. The van der Waals surface area contributed by atoms with Crippen LogP contribution in [0.5, 0.6) is 0 Å². The Kier molecular flexibility index (Phi) is 3.10. The summed E-state index contributed by atoms with van der Waals surface area (Å²) < 4.78 is 0. The summed E-state index contributed by atoms with van der Waals surface area (Å²) in [4.78, 5) is 0. The predicted molar refractivity (Wildman–Crippen MR) is 55.9 cm³/mol. The molecule has 0 fully saturated rings. The molecule has 1 aromatic rings. The van der Waals surface area contributed by atoms with E-state index < -0.39 is 0 Å². The fraction of sp³-hybridized carbons (Fsp3) is 0.500. The van der Waals surface area contributed by atoms with Crippen molar-refractivity contribution in [1.82, 2.24) is 0 Å². The van der Waals surface area contributed by atoms with E-state index in [0.717, 1.165) is 5.56 Å². The van der Waals surface area contributed by atoms with Crippen LogP contribution in [-0.2, 0) is 6.61 Å². The van der Waals surface area contributed by atoms with Crippen LogP contribution in [0.1, 0.15) is 42.0 Å². The van der Waals surface area contributed by atoms with Crippen molar-refractivity contribution in [3.05, 3.63) is 34.4 Å². The van der Waals surface area contributed by atoms with Crippen LogP contribution in [0.2, 0.25) is 0 Å². The highest BCUT2D eigenvalue weighted by atomic mass is 16.3. The van der Waals surface area contributed by atoms with Gasteiger partial charge in [-0.25, -0.2) is 0 Å². The zero-order valence-electron chi connectivity index (χ0n) is 8.89. The third-order valence-electron chi connectivity index (χ3n) is 2.52. The number of hydrogen-bond donors (Lipinski definition) is 1. The fourth-order valence-corrected chi connectivity index (χ4v) is 1.69. The fourth-order valence-electron chi connectivity index (χ4n) is 1.69. The van der Waals surface area contributed by atoms with Gasteiger partial charge in [0.25, 0.3) is 0 Å². The molecule has 0 unspecified atom stereocenters. The van der Waals surface area contributed by atoms with Crippen LogP contribution in [0.3, 0.4) is 0 Å². The largest absolute Gasteiger partial charge is 0.392 e. The van der Waals surface area contributed by atoms with Gasteiger partial charge in [0.05, 0.1) is 6.61 Å². The maximum absolute atomic E-state index is 9.07. The Morgan fingerprint density at radius 3 is 2.23 bits per heavy atom. The molecule has 72 valence electrons. The number of benzene rings is 1. The third-order valence-corrected chi connectivity index (χ3v) is 2.52. The lowest BCUT2D eigenvalue weighted by Gasteiger charge is -2.13. The van der Waals surface area contributed by atoms with E-state index in [1.54, 1.807) is 0 Å². The first-order chi connectivity index (χ1) is 6.06. The Labute approximate surface area is 80.4 Å². The lowest BCUT2D eigenvalue weighted by molar-refractivity contribution is 0.281. The summed E-state index contributed by atoms with van der Waals surface area (Å²) in [6.07, 6.45) is 0. The first-order valence-corrected chi connectivity index (χ1v) is 4.77. The van der Waals surface area contributed by atoms with E-state index in [4.69, 9.17) is 5.11 Å². The lowest BCUT2D eigenvalue weighted by Crippen LogP contribution is -1.97. The Morgan fingerprint density at radius 2 is 1.77 bits per heavy atom. The molecule has 1 heteroatoms. The molecule has 0 amide bonds. The number of rotatable bonds is 2. The summed E-state index contributed by atoms with van der Waals surface area (Å²) in [6, 6.07) is 4.27. The minimum Gasteiger partial charge on any atom is -0.392 e. The van der Waals surface area contributed by atoms with Crippen LogP contribution >= 0.6 is 0 Å². The average molecular weight is 178 g/mol. The molecular weight excluding hydrogens is 160 g/mol. The van der Waals surface area contributed by atoms with Gasteiger partial charge < -0.3 is 5.11 Å². The normalized spacial score (nSPS) is 10.9. The summed E-state index contributed by atoms with van der Waals surface area (Å²) in [5, 5.41) is 9.07. The molecule has 0 bridgehead atoms. The molecular formula is C12H18O. The molecule has 0 aromatic heterocycles. The second-order valence-corrected chi connectivity index (χ2v) is 3.95. The molecule has 1 N–H and O–H groups in total. The monoisotopic (exact) mass is 178 g/mol. The van der Waals surface area contributed by atoms with Crippen molar-refractivity contribution in [1.29, 1.82) is 0 Å². The highest BCUT2D eigenvalue weighted by molar-refractivity contribution is 5.38. The first-order valence-electron chi connectivity index (χ1n) is 4.77. The zero-order valence-corrected chi connectivity index (χ0v) is 8.89. The van der Waals surface area contributed by atoms with E-state index in [1.807, 2.05) is 0 Å². The Bertz CT molecular complexity index is 300. The molecule has 13 heavy (non-hydrogen) atoms. The van der Waals surface area contributed by atoms with Gasteiger partial charge in [0.2, 0.25) is 0 Å². The highest BCUT2D eigenvalue weighted by Crippen LogP contribution is 2.22. The molecule has 1 rings (SSSR count). The molecule has 0 aliphatic carbocycles. The van der Waals surface area contributed by atoms with E-state index >= 15 is 0 Å². The lowest BCUT2D eigenvalue weighted by atomic mass is 9.93. The number of aliphatic hydroxyl groups excluding tert-OH is 1. The van der Waals surface area contributed by atoms with Crippen LogP contribution < -0.4 is 0 Å². The first kappa shape index (κ1) is 10.3. The van der Waals surface area contributed by atoms with Gasteiger partial charge in [-0.2, -0.15) is 0 Å². The summed E-state index contributed by atoms with van der Waals surface area (Å²) in [6.45, 7) is 8.69. The molecule has 0 radical (unpaired) electrons. The molecule has 0 spiro atoms. The third kappa shape index (κ3) is 2.10. The predicted octanol–water partition coefficient (Wildman–Crippen LogP) is 2.92. The molecule has 0 atom stereocenters. The topological polar surface area (TPSA) is 20.2 Å². The van der Waals surface area contributed by atoms with Crippen LogP contribution in [0.4, 0.5) is 0 Å². The molecule has 0 saturated heterocycles. The van der Waals surface area contributed by atoms with Crippen molar-refractivity contribution in [3.63, 3.8) is 0 Å². The zero-order chi connectivity index (χ0) is 10.0. The Morgan fingerprint density at radius 1 is 1.15 bits per heavy atom. The van der Waals surface area contributed by atoms with Gasteiger partial charge >= 0.3 is 0 Å². The van der Waals surface area contributed by atoms with Crippen molar-refractivity contribution in [3.8, 4) is 0 Å². The maximum atomic E-state index is 9.07. The van der Waals surface area contributed by atoms with Gasteiger partial charge in [-0.05, 0) is 42.0 Å². The van der Waals surface area contributed by atoms with E-state index in [2.05, 4.69) is 39.8 Å². The second-order valence-electron chi connectivity index (χ2n) is 3.95. The van der Waals surface area contributed by atoms with Crippen molar-refractivity contribution in [2.45, 2.75) is 40.2 Å². The standard InChI is InChI=1S/C12H18O/c1-8(2)12-6-9(3)11(7-13)5-10(12)4/h5-6,8,13H,7H2,1-4H3. The molecule has 0 saturated carbocycles. The Hall–Kier alpha value is -0.820. The van der Waals surface area contributed by atoms with Crippen molar-refractivity contribution in [2.75, 3.05) is 0 Å². The maximum Gasteiger partial charge on any atom is 0.0684 e. The van der Waals surface area contributed by atoms with Gasteiger partial charge in [0.1, 0.15) is 0 Å². The van der Waals surface area contributed by atoms with E-state index in [0.29, 0.717) is 5.92 Å². The summed E-state index contributed by atoms with van der Waals surface area (Å²) in [5.74, 6) is 0.562. The van der Waals surface area contributed by atoms with Crippen molar-refractivity contribution < 1.29 is 5.11 Å². The summed E-state index contributed by atoms with van der Waals surface area (Å²) in [5.41, 5.74) is 4.90.